The summed E-state index contributed by atoms with van der Waals surface area (Å²) in [4.78, 5) is 11.8. The van der Waals surface area contributed by atoms with Crippen LogP contribution in [0.2, 0.25) is 0 Å². The lowest BCUT2D eigenvalue weighted by Crippen LogP contribution is -2.36. The van der Waals surface area contributed by atoms with Gasteiger partial charge in [-0.1, -0.05) is 19.3 Å². The van der Waals surface area contributed by atoms with E-state index in [0.717, 1.165) is 49.8 Å². The Labute approximate surface area is 131 Å². The molecule has 1 amide bonds. The largest absolute Gasteiger partial charge is 0.326 e. The Morgan fingerprint density at radius 3 is 2.59 bits per heavy atom. The minimum absolute atomic E-state index is 0.00492. The number of anilines is 1. The molecule has 22 heavy (non-hydrogen) atoms. The summed E-state index contributed by atoms with van der Waals surface area (Å²) in [6, 6.07) is 5.03. The first-order chi connectivity index (χ1) is 10.5. The molecule has 0 unspecified atom stereocenters. The number of hydrogen-bond donors (Lipinski definition) is 2. The molecule has 0 saturated heterocycles. The van der Waals surface area contributed by atoms with Gasteiger partial charge in [0.05, 0.1) is 4.90 Å². The third kappa shape index (κ3) is 3.50. The molecule has 1 aliphatic heterocycles. The van der Waals surface area contributed by atoms with Crippen LogP contribution < -0.4 is 10.0 Å². The molecule has 5 nitrogen and oxygen atoms in total. The molecule has 0 atom stereocenters. The van der Waals surface area contributed by atoms with Gasteiger partial charge in [-0.25, -0.2) is 13.1 Å². The minimum atomic E-state index is -3.48. The lowest BCUT2D eigenvalue weighted by Gasteiger charge is -2.22. The van der Waals surface area contributed by atoms with E-state index in [1.807, 2.05) is 0 Å². The zero-order chi connectivity index (χ0) is 15.6. The van der Waals surface area contributed by atoms with Crippen molar-refractivity contribution in [1.29, 1.82) is 0 Å². The zero-order valence-corrected chi connectivity index (χ0v) is 13.4. The van der Waals surface area contributed by atoms with Crippen molar-refractivity contribution in [3.05, 3.63) is 23.8 Å². The molecule has 1 aromatic rings. The van der Waals surface area contributed by atoms with Crippen LogP contribution in [0.5, 0.6) is 0 Å². The maximum absolute atomic E-state index is 12.5. The van der Waals surface area contributed by atoms with Gasteiger partial charge in [-0.3, -0.25) is 4.79 Å². The molecule has 1 heterocycles. The molecule has 1 aliphatic carbocycles. The number of carbonyl (C=O) groups is 1. The highest BCUT2D eigenvalue weighted by Gasteiger charge is 2.23. The second kappa shape index (κ2) is 6.38. The molecule has 0 spiro atoms. The summed E-state index contributed by atoms with van der Waals surface area (Å²) < 4.78 is 27.9. The SMILES string of the molecule is O=C1CCCc2cc(S(=O)(=O)NC3CCCCC3)ccc2N1. The van der Waals surface area contributed by atoms with E-state index in [4.69, 9.17) is 0 Å². The van der Waals surface area contributed by atoms with Crippen LogP contribution in [0.3, 0.4) is 0 Å². The summed E-state index contributed by atoms with van der Waals surface area (Å²) in [5.74, 6) is -0.00492. The van der Waals surface area contributed by atoms with Crippen molar-refractivity contribution in [2.75, 3.05) is 5.32 Å². The molecule has 0 bridgehead atoms. The fourth-order valence-electron chi connectivity index (χ4n) is 3.23. The number of hydrogen-bond acceptors (Lipinski definition) is 3. The van der Waals surface area contributed by atoms with Gasteiger partial charge < -0.3 is 5.32 Å². The highest BCUT2D eigenvalue weighted by atomic mass is 32.2. The van der Waals surface area contributed by atoms with Crippen LogP contribution in [0.4, 0.5) is 5.69 Å². The predicted molar refractivity (Wildman–Crippen MR) is 85.2 cm³/mol. The van der Waals surface area contributed by atoms with Gasteiger partial charge in [-0.05, 0) is 49.4 Å². The Hall–Kier alpha value is -1.40. The van der Waals surface area contributed by atoms with Crippen LogP contribution in [0.25, 0.3) is 0 Å². The fraction of sp³-hybridized carbons (Fsp3) is 0.562. The topological polar surface area (TPSA) is 75.3 Å². The van der Waals surface area contributed by atoms with Gasteiger partial charge >= 0.3 is 0 Å². The number of nitrogens with one attached hydrogen (secondary N) is 2. The number of fused-ring (bicyclic) bond motifs is 1. The van der Waals surface area contributed by atoms with Crippen LogP contribution in [-0.2, 0) is 21.2 Å². The average molecular weight is 322 g/mol. The molecule has 3 rings (SSSR count). The third-order valence-electron chi connectivity index (χ3n) is 4.44. The predicted octanol–water partition coefficient (Wildman–Crippen LogP) is 2.57. The third-order valence-corrected chi connectivity index (χ3v) is 5.96. The molecular weight excluding hydrogens is 300 g/mol. The quantitative estimate of drug-likeness (QED) is 0.898. The fourth-order valence-corrected chi connectivity index (χ4v) is 4.58. The standard InChI is InChI=1S/C16H22N2O3S/c19-16-8-4-5-12-11-14(9-10-15(12)17-16)22(20,21)18-13-6-2-1-3-7-13/h9-11,13,18H,1-8H2,(H,17,19). The van der Waals surface area contributed by atoms with Gasteiger partial charge in [-0.15, -0.1) is 0 Å². The Balaban J connectivity index is 1.81. The molecule has 2 aliphatic rings. The van der Waals surface area contributed by atoms with Gasteiger partial charge in [0, 0.05) is 18.2 Å². The average Bonchev–Trinajstić information content (AvgIpc) is 2.67. The molecule has 1 saturated carbocycles. The lowest BCUT2D eigenvalue weighted by molar-refractivity contribution is -0.116. The summed E-state index contributed by atoms with van der Waals surface area (Å²) in [5.41, 5.74) is 1.64. The van der Waals surface area contributed by atoms with Crippen molar-refractivity contribution in [3.8, 4) is 0 Å². The maximum atomic E-state index is 12.5. The van der Waals surface area contributed by atoms with Gasteiger partial charge in [0.2, 0.25) is 15.9 Å². The number of benzene rings is 1. The number of sulfonamides is 1. The summed E-state index contributed by atoms with van der Waals surface area (Å²) >= 11 is 0. The number of rotatable bonds is 3. The van der Waals surface area contributed by atoms with Crippen molar-refractivity contribution in [2.24, 2.45) is 0 Å². The molecule has 1 aromatic carbocycles. The van der Waals surface area contributed by atoms with Gasteiger partial charge in [-0.2, -0.15) is 0 Å². The summed E-state index contributed by atoms with van der Waals surface area (Å²) in [5, 5.41) is 2.83. The van der Waals surface area contributed by atoms with E-state index in [0.29, 0.717) is 11.3 Å². The van der Waals surface area contributed by atoms with Crippen LogP contribution in [0.1, 0.15) is 50.5 Å². The van der Waals surface area contributed by atoms with Gasteiger partial charge in [0.25, 0.3) is 0 Å². The van der Waals surface area contributed by atoms with E-state index in [1.165, 1.54) is 6.42 Å². The smallest absolute Gasteiger partial charge is 0.240 e. The Morgan fingerprint density at radius 1 is 1.05 bits per heavy atom. The van der Waals surface area contributed by atoms with E-state index in [2.05, 4.69) is 10.0 Å². The summed E-state index contributed by atoms with van der Waals surface area (Å²) in [7, 11) is -3.48. The first-order valence-electron chi connectivity index (χ1n) is 8.00. The van der Waals surface area contributed by atoms with Crippen molar-refractivity contribution >= 4 is 21.6 Å². The summed E-state index contributed by atoms with van der Waals surface area (Å²) in [6.07, 6.45) is 7.15. The van der Waals surface area contributed by atoms with E-state index in [-0.39, 0.29) is 11.9 Å². The molecule has 6 heteroatoms. The maximum Gasteiger partial charge on any atom is 0.240 e. The first-order valence-corrected chi connectivity index (χ1v) is 9.48. The van der Waals surface area contributed by atoms with Crippen molar-refractivity contribution < 1.29 is 13.2 Å². The van der Waals surface area contributed by atoms with E-state index in [9.17, 15) is 13.2 Å². The molecule has 0 aromatic heterocycles. The second-order valence-corrected chi connectivity index (χ2v) is 7.89. The van der Waals surface area contributed by atoms with Crippen LogP contribution in [-0.4, -0.2) is 20.4 Å². The Kier molecular flexibility index (Phi) is 4.49. The number of carbonyl (C=O) groups excluding carboxylic acids is 1. The highest BCUT2D eigenvalue weighted by Crippen LogP contribution is 2.26. The number of aryl methyl sites for hydroxylation is 1. The molecule has 2 N–H and O–H groups in total. The van der Waals surface area contributed by atoms with Crippen molar-refractivity contribution in [1.82, 2.24) is 4.72 Å². The normalized spacial score (nSPS) is 20.1. The monoisotopic (exact) mass is 322 g/mol. The van der Waals surface area contributed by atoms with Crippen molar-refractivity contribution in [3.63, 3.8) is 0 Å². The minimum Gasteiger partial charge on any atom is -0.326 e. The van der Waals surface area contributed by atoms with Crippen molar-refractivity contribution in [2.45, 2.75) is 62.3 Å². The van der Waals surface area contributed by atoms with Gasteiger partial charge in [0.15, 0.2) is 0 Å². The Bertz CT molecular complexity index is 664. The lowest BCUT2D eigenvalue weighted by atomic mass is 9.96. The second-order valence-electron chi connectivity index (χ2n) is 6.18. The van der Waals surface area contributed by atoms with Crippen LogP contribution in [0.15, 0.2) is 23.1 Å². The Morgan fingerprint density at radius 2 is 1.82 bits per heavy atom. The van der Waals surface area contributed by atoms with Gasteiger partial charge in [0.1, 0.15) is 0 Å². The zero-order valence-electron chi connectivity index (χ0n) is 12.6. The molecule has 120 valence electrons. The first kappa shape index (κ1) is 15.5. The summed E-state index contributed by atoms with van der Waals surface area (Å²) in [6.45, 7) is 0. The number of amides is 1. The van der Waals surface area contributed by atoms with Crippen LogP contribution >= 0.6 is 0 Å². The molecule has 1 fully saturated rings. The van der Waals surface area contributed by atoms with E-state index >= 15 is 0 Å². The molecule has 0 radical (unpaired) electrons. The van der Waals surface area contributed by atoms with E-state index < -0.39 is 10.0 Å². The molecular formula is C16H22N2O3S. The van der Waals surface area contributed by atoms with E-state index in [1.54, 1.807) is 18.2 Å². The highest BCUT2D eigenvalue weighted by molar-refractivity contribution is 7.89. The van der Waals surface area contributed by atoms with Crippen LogP contribution in [0, 0.1) is 0 Å².